The first-order valence-electron chi connectivity index (χ1n) is 6.53. The molecule has 0 amide bonds. The second-order valence-corrected chi connectivity index (χ2v) is 5.39. The summed E-state index contributed by atoms with van der Waals surface area (Å²) in [5.41, 5.74) is 4.05. The van der Waals surface area contributed by atoms with Gasteiger partial charge in [-0.1, -0.05) is 48.2 Å². The monoisotopic (exact) mass is 282 g/mol. The van der Waals surface area contributed by atoms with Gasteiger partial charge < -0.3 is 4.74 Å². The van der Waals surface area contributed by atoms with E-state index in [4.69, 9.17) is 4.74 Å². The fourth-order valence-corrected chi connectivity index (χ4v) is 3.03. The van der Waals surface area contributed by atoms with E-state index in [1.807, 2.05) is 30.5 Å². The lowest BCUT2D eigenvalue weighted by Gasteiger charge is -2.12. The lowest BCUT2D eigenvalue weighted by atomic mass is 10.1. The zero-order valence-electron chi connectivity index (χ0n) is 11.1. The third kappa shape index (κ3) is 2.49. The molecule has 1 heterocycles. The van der Waals surface area contributed by atoms with E-state index < -0.39 is 0 Å². The van der Waals surface area contributed by atoms with Gasteiger partial charge in [0.05, 0.1) is 12.2 Å². The summed E-state index contributed by atoms with van der Waals surface area (Å²) in [5, 5.41) is 1.86. The van der Waals surface area contributed by atoms with Crippen LogP contribution >= 0.6 is 11.8 Å². The number of benzene rings is 1. The Kier molecular flexibility index (Phi) is 3.61. The predicted octanol–water partition coefficient (Wildman–Crippen LogP) is 4.17. The van der Waals surface area contributed by atoms with Gasteiger partial charge in [0.2, 0.25) is 0 Å². The van der Waals surface area contributed by atoms with Gasteiger partial charge in [0.1, 0.15) is 0 Å². The molecule has 3 heteroatoms. The Bertz CT molecular complexity index is 678. The number of ether oxygens (including phenoxy) is 1. The minimum Gasteiger partial charge on any atom is -0.462 e. The molecule has 1 aromatic rings. The maximum Gasteiger partial charge on any atom is 0.338 e. The van der Waals surface area contributed by atoms with Crippen LogP contribution in [0.5, 0.6) is 0 Å². The van der Waals surface area contributed by atoms with E-state index >= 15 is 0 Å². The van der Waals surface area contributed by atoms with E-state index in [1.165, 1.54) is 11.1 Å². The highest BCUT2D eigenvalue weighted by atomic mass is 32.2. The molecule has 0 saturated carbocycles. The maximum atomic E-state index is 11.8. The average Bonchev–Trinajstić information content (AvgIpc) is 2.65. The Morgan fingerprint density at radius 2 is 1.95 bits per heavy atom. The Balaban J connectivity index is 1.96. The van der Waals surface area contributed by atoms with Gasteiger partial charge in [-0.3, -0.25) is 0 Å². The molecule has 1 aliphatic carbocycles. The zero-order chi connectivity index (χ0) is 13.9. The summed E-state index contributed by atoms with van der Waals surface area (Å²) >= 11 is 1.57. The molecule has 2 nitrogen and oxygen atoms in total. The third-order valence-electron chi connectivity index (χ3n) is 3.14. The molecular weight excluding hydrogens is 268 g/mol. The van der Waals surface area contributed by atoms with Crippen molar-refractivity contribution in [2.24, 2.45) is 0 Å². The maximum absolute atomic E-state index is 11.8. The number of allylic oxidation sites excluding steroid dienone is 2. The summed E-state index contributed by atoms with van der Waals surface area (Å²) < 4.78 is 5.05. The van der Waals surface area contributed by atoms with Gasteiger partial charge in [-0.25, -0.2) is 4.79 Å². The number of hydrogen-bond acceptors (Lipinski definition) is 3. The first-order chi connectivity index (χ1) is 9.78. The predicted molar refractivity (Wildman–Crippen MR) is 83.8 cm³/mol. The summed E-state index contributed by atoms with van der Waals surface area (Å²) in [6.07, 6.45) is 8.18. The SMILES string of the molecule is CCOC(=O)C1=CSC2=Cc3ccccc3C=CC2=C1. The number of hydrogen-bond donors (Lipinski definition) is 0. The average molecular weight is 282 g/mol. The van der Waals surface area contributed by atoms with E-state index in [2.05, 4.69) is 30.4 Å². The summed E-state index contributed by atoms with van der Waals surface area (Å²) in [4.78, 5) is 12.9. The van der Waals surface area contributed by atoms with E-state index in [1.54, 1.807) is 11.8 Å². The van der Waals surface area contributed by atoms with Crippen LogP contribution in [0.4, 0.5) is 0 Å². The summed E-state index contributed by atoms with van der Waals surface area (Å²) in [6.45, 7) is 2.21. The number of esters is 1. The molecule has 0 radical (unpaired) electrons. The second-order valence-electron chi connectivity index (χ2n) is 4.48. The van der Waals surface area contributed by atoms with E-state index in [0.717, 1.165) is 10.5 Å². The van der Waals surface area contributed by atoms with Gasteiger partial charge in [0.25, 0.3) is 0 Å². The molecule has 3 rings (SSSR count). The molecule has 0 atom stereocenters. The van der Waals surface area contributed by atoms with Gasteiger partial charge in [-0.05, 0) is 41.2 Å². The van der Waals surface area contributed by atoms with Crippen molar-refractivity contribution < 1.29 is 9.53 Å². The smallest absolute Gasteiger partial charge is 0.338 e. The van der Waals surface area contributed by atoms with E-state index in [0.29, 0.717) is 12.2 Å². The molecular formula is C17H14O2S. The van der Waals surface area contributed by atoms with Crippen molar-refractivity contribution in [1.82, 2.24) is 0 Å². The highest BCUT2D eigenvalue weighted by Gasteiger charge is 2.17. The van der Waals surface area contributed by atoms with E-state index in [-0.39, 0.29) is 5.97 Å². The number of carbonyl (C=O) groups excluding carboxylic acids is 1. The van der Waals surface area contributed by atoms with Crippen LogP contribution in [0.15, 0.2) is 57.9 Å². The van der Waals surface area contributed by atoms with Crippen molar-refractivity contribution in [2.45, 2.75) is 6.92 Å². The molecule has 1 aromatic carbocycles. The molecule has 0 aromatic heterocycles. The van der Waals surface area contributed by atoms with Crippen molar-refractivity contribution >= 4 is 29.9 Å². The normalized spacial score (nSPS) is 16.1. The van der Waals surface area contributed by atoms with Crippen LogP contribution < -0.4 is 0 Å². The number of carbonyl (C=O) groups is 1. The zero-order valence-corrected chi connectivity index (χ0v) is 11.9. The van der Waals surface area contributed by atoms with Gasteiger partial charge in [-0.15, -0.1) is 0 Å². The molecule has 1 aliphatic heterocycles. The number of thioether (sulfide) groups is 1. The van der Waals surface area contributed by atoms with Crippen molar-refractivity contribution in [3.63, 3.8) is 0 Å². The molecule has 2 aliphatic rings. The number of rotatable bonds is 2. The molecule has 0 unspecified atom stereocenters. The van der Waals surface area contributed by atoms with Crippen LogP contribution in [0.3, 0.4) is 0 Å². The highest BCUT2D eigenvalue weighted by molar-refractivity contribution is 8.06. The van der Waals surface area contributed by atoms with Crippen LogP contribution in [0.1, 0.15) is 18.1 Å². The van der Waals surface area contributed by atoms with Crippen LogP contribution in [-0.2, 0) is 9.53 Å². The molecule has 20 heavy (non-hydrogen) atoms. The van der Waals surface area contributed by atoms with Crippen LogP contribution in [0.25, 0.3) is 12.2 Å². The van der Waals surface area contributed by atoms with Gasteiger partial charge >= 0.3 is 5.97 Å². The van der Waals surface area contributed by atoms with Crippen LogP contribution in [0.2, 0.25) is 0 Å². The largest absolute Gasteiger partial charge is 0.462 e. The minimum absolute atomic E-state index is 0.262. The third-order valence-corrected chi connectivity index (χ3v) is 4.12. The topological polar surface area (TPSA) is 26.3 Å². The molecule has 0 bridgehead atoms. The molecule has 0 N–H and O–H groups in total. The van der Waals surface area contributed by atoms with Gasteiger partial charge in [-0.2, -0.15) is 0 Å². The quantitative estimate of drug-likeness (QED) is 0.761. The van der Waals surface area contributed by atoms with Crippen LogP contribution in [0, 0.1) is 0 Å². The Labute approximate surface area is 122 Å². The Morgan fingerprint density at radius 3 is 2.75 bits per heavy atom. The fraction of sp³-hybridized carbons (Fsp3) is 0.118. The minimum atomic E-state index is -0.262. The molecule has 100 valence electrons. The summed E-state index contributed by atoms with van der Waals surface area (Å²) in [5.74, 6) is -0.262. The first-order valence-corrected chi connectivity index (χ1v) is 7.40. The second kappa shape index (κ2) is 5.55. The fourth-order valence-electron chi connectivity index (χ4n) is 2.15. The van der Waals surface area contributed by atoms with E-state index in [9.17, 15) is 4.79 Å². The van der Waals surface area contributed by atoms with Gasteiger partial charge in [0, 0.05) is 4.91 Å². The lowest BCUT2D eigenvalue weighted by molar-refractivity contribution is -0.138. The Hall–Kier alpha value is -2.00. The Morgan fingerprint density at radius 1 is 1.15 bits per heavy atom. The molecule has 0 spiro atoms. The van der Waals surface area contributed by atoms with Crippen molar-refractivity contribution in [1.29, 1.82) is 0 Å². The first kappa shape index (κ1) is 13.0. The number of fused-ring (bicyclic) bond motifs is 2. The molecule has 0 fully saturated rings. The molecule has 0 saturated heterocycles. The van der Waals surface area contributed by atoms with Crippen molar-refractivity contribution in [3.8, 4) is 0 Å². The van der Waals surface area contributed by atoms with Gasteiger partial charge in [0.15, 0.2) is 0 Å². The summed E-state index contributed by atoms with van der Waals surface area (Å²) in [6, 6.07) is 8.25. The van der Waals surface area contributed by atoms with Crippen molar-refractivity contribution in [2.75, 3.05) is 6.61 Å². The summed E-state index contributed by atoms with van der Waals surface area (Å²) in [7, 11) is 0. The highest BCUT2D eigenvalue weighted by Crippen LogP contribution is 2.37. The standard InChI is InChI=1S/C17H14O2S/c1-2-19-17(18)15-9-14-8-7-12-5-3-4-6-13(12)10-16(14)20-11-15/h3-11H,2H2,1H3. The van der Waals surface area contributed by atoms with Crippen molar-refractivity contribution in [3.05, 3.63) is 69.0 Å². The lowest BCUT2D eigenvalue weighted by Crippen LogP contribution is -2.07. The van der Waals surface area contributed by atoms with Crippen LogP contribution in [-0.4, -0.2) is 12.6 Å².